The average molecular weight is 276 g/mol. The molecule has 0 aromatic heterocycles. The van der Waals surface area contributed by atoms with Gasteiger partial charge in [0.15, 0.2) is 0 Å². The van der Waals surface area contributed by atoms with Crippen LogP contribution in [0.25, 0.3) is 0 Å². The highest BCUT2D eigenvalue weighted by Gasteiger charge is 2.49. The molecule has 3 nitrogen and oxygen atoms in total. The van der Waals surface area contributed by atoms with Gasteiger partial charge in [0.2, 0.25) is 0 Å². The smallest absolute Gasteiger partial charge is 0.0992 e. The Hall–Kier alpha value is -1.24. The maximum Gasteiger partial charge on any atom is 0.0992 e. The molecular formula is C15H18ClN3. The summed E-state index contributed by atoms with van der Waals surface area (Å²) >= 11 is 6.36. The van der Waals surface area contributed by atoms with E-state index >= 15 is 0 Å². The lowest BCUT2D eigenvalue weighted by molar-refractivity contribution is 0.357. The molecule has 2 heterocycles. The first-order valence-corrected chi connectivity index (χ1v) is 7.10. The van der Waals surface area contributed by atoms with Gasteiger partial charge in [0.05, 0.1) is 22.3 Å². The zero-order valence-electron chi connectivity index (χ0n) is 11.3. The predicted octanol–water partition coefficient (Wildman–Crippen LogP) is 2.65. The van der Waals surface area contributed by atoms with E-state index in [2.05, 4.69) is 30.1 Å². The van der Waals surface area contributed by atoms with Crippen LogP contribution in [-0.4, -0.2) is 25.2 Å². The highest BCUT2D eigenvalue weighted by molar-refractivity contribution is 6.33. The third kappa shape index (κ3) is 1.91. The van der Waals surface area contributed by atoms with E-state index in [1.807, 2.05) is 12.1 Å². The lowest BCUT2D eigenvalue weighted by atomic mass is 9.84. The summed E-state index contributed by atoms with van der Waals surface area (Å²) in [7, 11) is 0. The minimum absolute atomic E-state index is 0.103. The van der Waals surface area contributed by atoms with Crippen molar-refractivity contribution in [1.82, 2.24) is 5.32 Å². The fraction of sp³-hybridized carbons (Fsp3) is 0.533. The first-order chi connectivity index (χ1) is 9.04. The fourth-order valence-corrected chi connectivity index (χ4v) is 3.91. The fourth-order valence-electron chi connectivity index (χ4n) is 3.63. The molecule has 2 aliphatic heterocycles. The van der Waals surface area contributed by atoms with Gasteiger partial charge in [-0.1, -0.05) is 11.6 Å². The summed E-state index contributed by atoms with van der Waals surface area (Å²) in [4.78, 5) is 2.41. The van der Waals surface area contributed by atoms with Gasteiger partial charge in [0.25, 0.3) is 0 Å². The molecule has 4 heteroatoms. The predicted molar refractivity (Wildman–Crippen MR) is 77.4 cm³/mol. The summed E-state index contributed by atoms with van der Waals surface area (Å²) in [5.74, 6) is 1.36. The first kappa shape index (κ1) is 12.8. The molecule has 0 radical (unpaired) electrons. The Balaban J connectivity index is 1.97. The lowest BCUT2D eigenvalue weighted by Gasteiger charge is -2.37. The number of benzene rings is 1. The van der Waals surface area contributed by atoms with E-state index in [0.717, 1.165) is 25.3 Å². The third-order valence-electron chi connectivity index (χ3n) is 4.73. The summed E-state index contributed by atoms with van der Waals surface area (Å²) in [5.41, 5.74) is 1.78. The van der Waals surface area contributed by atoms with Crippen molar-refractivity contribution in [1.29, 1.82) is 5.26 Å². The van der Waals surface area contributed by atoms with Crippen molar-refractivity contribution < 1.29 is 0 Å². The number of anilines is 1. The number of fused-ring (bicyclic) bond motifs is 1. The van der Waals surface area contributed by atoms with Gasteiger partial charge in [-0.2, -0.15) is 5.26 Å². The van der Waals surface area contributed by atoms with Gasteiger partial charge in [-0.25, -0.2) is 0 Å². The lowest BCUT2D eigenvalue weighted by Crippen LogP contribution is -2.44. The largest absolute Gasteiger partial charge is 0.365 e. The molecule has 1 aromatic carbocycles. The number of halogens is 1. The molecule has 0 amide bonds. The van der Waals surface area contributed by atoms with Crippen LogP contribution >= 0.6 is 11.6 Å². The summed E-state index contributed by atoms with van der Waals surface area (Å²) < 4.78 is 0. The molecule has 2 aliphatic rings. The minimum atomic E-state index is 0.103. The Morgan fingerprint density at radius 3 is 2.84 bits per heavy atom. The molecule has 19 heavy (non-hydrogen) atoms. The monoisotopic (exact) mass is 275 g/mol. The maximum atomic E-state index is 8.92. The normalized spacial score (nSPS) is 28.2. The molecule has 0 aliphatic carbocycles. The Morgan fingerprint density at radius 1 is 1.42 bits per heavy atom. The molecule has 1 N–H and O–H groups in total. The topological polar surface area (TPSA) is 39.1 Å². The van der Waals surface area contributed by atoms with Crippen LogP contribution in [0.1, 0.15) is 19.4 Å². The van der Waals surface area contributed by atoms with Crippen LogP contribution in [0.4, 0.5) is 5.69 Å². The van der Waals surface area contributed by atoms with E-state index in [1.54, 1.807) is 6.07 Å². The van der Waals surface area contributed by atoms with Gasteiger partial charge < -0.3 is 10.2 Å². The minimum Gasteiger partial charge on any atom is -0.365 e. The zero-order chi connectivity index (χ0) is 13.6. The molecule has 3 rings (SSSR count). The summed E-state index contributed by atoms with van der Waals surface area (Å²) in [6.45, 7) is 7.80. The Bertz CT molecular complexity index is 547. The van der Waals surface area contributed by atoms with Crippen LogP contribution in [-0.2, 0) is 0 Å². The van der Waals surface area contributed by atoms with Crippen LogP contribution in [0.3, 0.4) is 0 Å². The van der Waals surface area contributed by atoms with Crippen LogP contribution in [0.5, 0.6) is 0 Å². The number of hydrogen-bond acceptors (Lipinski definition) is 3. The number of nitriles is 1. The number of nitrogens with zero attached hydrogens (tertiary/aromatic N) is 2. The van der Waals surface area contributed by atoms with Crippen LogP contribution in [0.15, 0.2) is 18.2 Å². The molecular weight excluding hydrogens is 258 g/mol. The van der Waals surface area contributed by atoms with E-state index in [9.17, 15) is 0 Å². The molecule has 2 saturated heterocycles. The molecule has 1 aromatic rings. The van der Waals surface area contributed by atoms with Crippen LogP contribution in [0.2, 0.25) is 5.02 Å². The Morgan fingerprint density at radius 2 is 2.21 bits per heavy atom. The Kier molecular flexibility index (Phi) is 2.96. The summed E-state index contributed by atoms with van der Waals surface area (Å²) in [6.07, 6.45) is 0. The van der Waals surface area contributed by atoms with Gasteiger partial charge >= 0.3 is 0 Å². The number of hydrogen-bond donors (Lipinski definition) is 1. The van der Waals surface area contributed by atoms with Crippen molar-refractivity contribution in [2.75, 3.05) is 24.5 Å². The van der Waals surface area contributed by atoms with E-state index < -0.39 is 0 Å². The molecule has 2 fully saturated rings. The molecule has 2 unspecified atom stereocenters. The number of rotatable bonds is 1. The summed E-state index contributed by atoms with van der Waals surface area (Å²) in [5, 5.41) is 13.1. The van der Waals surface area contributed by atoms with Gasteiger partial charge in [-0.15, -0.1) is 0 Å². The van der Waals surface area contributed by atoms with Crippen molar-refractivity contribution in [3.8, 4) is 6.07 Å². The van der Waals surface area contributed by atoms with E-state index in [4.69, 9.17) is 16.9 Å². The van der Waals surface area contributed by atoms with Crippen molar-refractivity contribution in [2.45, 2.75) is 19.4 Å². The molecule has 0 spiro atoms. The summed E-state index contributed by atoms with van der Waals surface area (Å²) in [6, 6.07) is 7.73. The highest BCUT2D eigenvalue weighted by atomic mass is 35.5. The van der Waals surface area contributed by atoms with Gasteiger partial charge in [-0.05, 0) is 43.9 Å². The second-order valence-electron chi connectivity index (χ2n) is 6.07. The number of nitrogens with one attached hydrogen (secondary N) is 1. The highest BCUT2D eigenvalue weighted by Crippen LogP contribution is 2.45. The van der Waals surface area contributed by atoms with Crippen LogP contribution < -0.4 is 10.2 Å². The average Bonchev–Trinajstić information content (AvgIpc) is 2.92. The molecule has 2 atom stereocenters. The van der Waals surface area contributed by atoms with E-state index in [1.165, 1.54) is 0 Å². The first-order valence-electron chi connectivity index (χ1n) is 6.72. The second kappa shape index (κ2) is 4.40. The second-order valence-corrected chi connectivity index (χ2v) is 6.47. The van der Waals surface area contributed by atoms with E-state index in [0.29, 0.717) is 22.4 Å². The quantitative estimate of drug-likeness (QED) is 0.856. The van der Waals surface area contributed by atoms with Gasteiger partial charge in [0.1, 0.15) is 0 Å². The SMILES string of the molecule is CC1(C)C2CNCC2CN1c1ccc(C#N)cc1Cl. The van der Waals surface area contributed by atoms with Crippen molar-refractivity contribution in [2.24, 2.45) is 11.8 Å². The van der Waals surface area contributed by atoms with Crippen molar-refractivity contribution >= 4 is 17.3 Å². The Labute approximate surface area is 119 Å². The van der Waals surface area contributed by atoms with Gasteiger partial charge in [-0.3, -0.25) is 0 Å². The van der Waals surface area contributed by atoms with Crippen LogP contribution in [0, 0.1) is 23.2 Å². The third-order valence-corrected chi connectivity index (χ3v) is 5.03. The van der Waals surface area contributed by atoms with E-state index in [-0.39, 0.29) is 5.54 Å². The van der Waals surface area contributed by atoms with Crippen molar-refractivity contribution in [3.05, 3.63) is 28.8 Å². The molecule has 0 saturated carbocycles. The molecule has 0 bridgehead atoms. The maximum absolute atomic E-state index is 8.92. The van der Waals surface area contributed by atoms with Crippen molar-refractivity contribution in [3.63, 3.8) is 0 Å². The van der Waals surface area contributed by atoms with Gasteiger partial charge in [0, 0.05) is 25.2 Å². The zero-order valence-corrected chi connectivity index (χ0v) is 12.0. The standard InChI is InChI=1S/C15H18ClN3/c1-15(2)12-8-18-7-11(12)9-19(15)14-4-3-10(6-17)5-13(14)16/h3-5,11-12,18H,7-9H2,1-2H3. The molecule has 100 valence electrons.